The minimum Gasteiger partial charge on any atom is -0.326 e. The molecule has 0 aromatic heterocycles. The SMILES string of the molecule is CC(=O)Nc1cc(NC(=O)c2ccc(S(=O)(=O)Nc3ccc(C)cc3)cc2)ccc1C. The molecule has 0 atom stereocenters. The highest BCUT2D eigenvalue weighted by Crippen LogP contribution is 2.22. The quantitative estimate of drug-likeness (QED) is 0.534. The molecule has 0 radical (unpaired) electrons. The number of hydrogen-bond donors (Lipinski definition) is 3. The van der Waals surface area contributed by atoms with Gasteiger partial charge < -0.3 is 10.6 Å². The third-order valence-corrected chi connectivity index (χ3v) is 5.93. The Labute approximate surface area is 181 Å². The summed E-state index contributed by atoms with van der Waals surface area (Å²) < 4.78 is 27.7. The highest BCUT2D eigenvalue weighted by molar-refractivity contribution is 7.92. The summed E-state index contributed by atoms with van der Waals surface area (Å²) >= 11 is 0. The number of aryl methyl sites for hydroxylation is 2. The van der Waals surface area contributed by atoms with Crippen molar-refractivity contribution in [2.45, 2.75) is 25.7 Å². The van der Waals surface area contributed by atoms with Crippen molar-refractivity contribution in [3.8, 4) is 0 Å². The molecule has 3 aromatic rings. The van der Waals surface area contributed by atoms with Crippen LogP contribution in [0.1, 0.15) is 28.4 Å². The Morgan fingerprint density at radius 1 is 0.774 bits per heavy atom. The predicted molar refractivity (Wildman–Crippen MR) is 122 cm³/mol. The van der Waals surface area contributed by atoms with Crippen LogP contribution in [0, 0.1) is 13.8 Å². The molecule has 0 aliphatic rings. The van der Waals surface area contributed by atoms with E-state index in [2.05, 4.69) is 15.4 Å². The molecule has 2 amide bonds. The van der Waals surface area contributed by atoms with Crippen molar-refractivity contribution >= 4 is 38.9 Å². The van der Waals surface area contributed by atoms with Crippen molar-refractivity contribution in [3.63, 3.8) is 0 Å². The summed E-state index contributed by atoms with van der Waals surface area (Å²) in [5.74, 6) is -0.601. The van der Waals surface area contributed by atoms with Crippen LogP contribution in [-0.2, 0) is 14.8 Å². The molecule has 3 aromatic carbocycles. The fourth-order valence-electron chi connectivity index (χ4n) is 2.85. The maximum absolute atomic E-state index is 12.6. The van der Waals surface area contributed by atoms with Crippen LogP contribution in [0.5, 0.6) is 0 Å². The second-order valence-electron chi connectivity index (χ2n) is 7.16. The summed E-state index contributed by atoms with van der Waals surface area (Å²) in [5, 5.41) is 5.46. The van der Waals surface area contributed by atoms with Crippen molar-refractivity contribution in [2.75, 3.05) is 15.4 Å². The average Bonchev–Trinajstić information content (AvgIpc) is 2.72. The largest absolute Gasteiger partial charge is 0.326 e. The molecule has 3 rings (SSSR count). The molecule has 8 heteroatoms. The highest BCUT2D eigenvalue weighted by Gasteiger charge is 2.15. The monoisotopic (exact) mass is 437 g/mol. The highest BCUT2D eigenvalue weighted by atomic mass is 32.2. The molecule has 0 fully saturated rings. The first-order valence-corrected chi connectivity index (χ1v) is 11.0. The van der Waals surface area contributed by atoms with Gasteiger partial charge in [0.25, 0.3) is 15.9 Å². The fourth-order valence-corrected chi connectivity index (χ4v) is 3.91. The van der Waals surface area contributed by atoms with Crippen LogP contribution in [0.2, 0.25) is 0 Å². The van der Waals surface area contributed by atoms with Gasteiger partial charge in [0.1, 0.15) is 0 Å². The summed E-state index contributed by atoms with van der Waals surface area (Å²) in [6.45, 7) is 5.17. The smallest absolute Gasteiger partial charge is 0.261 e. The van der Waals surface area contributed by atoms with Crippen molar-refractivity contribution in [2.24, 2.45) is 0 Å². The standard InChI is InChI=1S/C23H23N3O4S/c1-15-4-9-19(10-5-15)26-31(29,30)21-12-7-18(8-13-21)23(28)25-20-11-6-16(2)22(14-20)24-17(3)27/h4-14,26H,1-3H3,(H,24,27)(H,25,28). The van der Waals surface area contributed by atoms with Crippen molar-refractivity contribution in [1.82, 2.24) is 0 Å². The van der Waals surface area contributed by atoms with Gasteiger partial charge in [-0.3, -0.25) is 14.3 Å². The molecular weight excluding hydrogens is 414 g/mol. The number of carbonyl (C=O) groups is 2. The van der Waals surface area contributed by atoms with E-state index in [0.717, 1.165) is 11.1 Å². The third-order valence-electron chi connectivity index (χ3n) is 4.54. The van der Waals surface area contributed by atoms with Gasteiger partial charge in [-0.15, -0.1) is 0 Å². The lowest BCUT2D eigenvalue weighted by atomic mass is 10.1. The van der Waals surface area contributed by atoms with E-state index in [4.69, 9.17) is 0 Å². The zero-order valence-electron chi connectivity index (χ0n) is 17.4. The van der Waals surface area contributed by atoms with E-state index in [-0.39, 0.29) is 10.8 Å². The van der Waals surface area contributed by atoms with Crippen LogP contribution in [0.25, 0.3) is 0 Å². The van der Waals surface area contributed by atoms with Gasteiger partial charge in [-0.05, 0) is 67.9 Å². The van der Waals surface area contributed by atoms with Gasteiger partial charge in [0, 0.05) is 29.5 Å². The zero-order valence-corrected chi connectivity index (χ0v) is 18.2. The molecular formula is C23H23N3O4S. The summed E-state index contributed by atoms with van der Waals surface area (Å²) in [7, 11) is -3.77. The Kier molecular flexibility index (Phi) is 6.41. The Hall–Kier alpha value is -3.65. The van der Waals surface area contributed by atoms with E-state index in [1.807, 2.05) is 26.0 Å². The van der Waals surface area contributed by atoms with E-state index in [1.165, 1.54) is 31.2 Å². The lowest BCUT2D eigenvalue weighted by molar-refractivity contribution is -0.114. The maximum atomic E-state index is 12.6. The zero-order chi connectivity index (χ0) is 22.6. The number of carbonyl (C=O) groups excluding carboxylic acids is 2. The van der Waals surface area contributed by atoms with E-state index in [0.29, 0.717) is 22.6 Å². The van der Waals surface area contributed by atoms with Crippen LogP contribution in [-0.4, -0.2) is 20.2 Å². The molecule has 31 heavy (non-hydrogen) atoms. The molecule has 7 nitrogen and oxygen atoms in total. The lowest BCUT2D eigenvalue weighted by Crippen LogP contribution is -2.15. The van der Waals surface area contributed by atoms with Crippen LogP contribution in [0.15, 0.2) is 71.6 Å². The van der Waals surface area contributed by atoms with E-state index >= 15 is 0 Å². The Morgan fingerprint density at radius 2 is 1.39 bits per heavy atom. The molecule has 0 saturated carbocycles. The van der Waals surface area contributed by atoms with E-state index < -0.39 is 15.9 Å². The lowest BCUT2D eigenvalue weighted by Gasteiger charge is -2.11. The second kappa shape index (κ2) is 9.01. The van der Waals surface area contributed by atoms with E-state index in [9.17, 15) is 18.0 Å². The third kappa shape index (κ3) is 5.70. The van der Waals surface area contributed by atoms with Crippen LogP contribution in [0.4, 0.5) is 17.1 Å². The molecule has 0 heterocycles. The minimum absolute atomic E-state index is 0.0490. The van der Waals surface area contributed by atoms with Crippen LogP contribution < -0.4 is 15.4 Å². The molecule has 0 aliphatic carbocycles. The average molecular weight is 438 g/mol. The minimum atomic E-state index is -3.77. The number of amides is 2. The van der Waals surface area contributed by atoms with Crippen molar-refractivity contribution in [1.29, 1.82) is 0 Å². The summed E-state index contributed by atoms with van der Waals surface area (Å²) in [4.78, 5) is 23.9. The molecule has 0 bridgehead atoms. The van der Waals surface area contributed by atoms with Crippen molar-refractivity contribution < 1.29 is 18.0 Å². The summed E-state index contributed by atoms with van der Waals surface area (Å²) in [6, 6.07) is 17.8. The van der Waals surface area contributed by atoms with Crippen LogP contribution >= 0.6 is 0 Å². The number of anilines is 3. The number of benzene rings is 3. The Morgan fingerprint density at radius 3 is 2.00 bits per heavy atom. The second-order valence-corrected chi connectivity index (χ2v) is 8.84. The molecule has 0 aliphatic heterocycles. The van der Waals surface area contributed by atoms with Gasteiger partial charge in [-0.2, -0.15) is 0 Å². The topological polar surface area (TPSA) is 104 Å². The molecule has 0 spiro atoms. The Bertz CT molecular complexity index is 1220. The number of rotatable bonds is 6. The number of nitrogens with one attached hydrogen (secondary N) is 3. The predicted octanol–water partition coefficient (Wildman–Crippen LogP) is 4.31. The summed E-state index contributed by atoms with van der Waals surface area (Å²) in [5.41, 5.74) is 3.77. The molecule has 160 valence electrons. The van der Waals surface area contributed by atoms with Crippen LogP contribution in [0.3, 0.4) is 0 Å². The van der Waals surface area contributed by atoms with Gasteiger partial charge in [-0.1, -0.05) is 23.8 Å². The first-order valence-electron chi connectivity index (χ1n) is 9.53. The van der Waals surface area contributed by atoms with E-state index in [1.54, 1.807) is 30.3 Å². The maximum Gasteiger partial charge on any atom is 0.261 e. The van der Waals surface area contributed by atoms with Crippen molar-refractivity contribution in [3.05, 3.63) is 83.4 Å². The van der Waals surface area contributed by atoms with Gasteiger partial charge in [0.2, 0.25) is 5.91 Å². The fraction of sp³-hybridized carbons (Fsp3) is 0.130. The van der Waals surface area contributed by atoms with Gasteiger partial charge in [0.05, 0.1) is 4.90 Å². The van der Waals surface area contributed by atoms with Gasteiger partial charge in [-0.25, -0.2) is 8.42 Å². The van der Waals surface area contributed by atoms with Gasteiger partial charge >= 0.3 is 0 Å². The van der Waals surface area contributed by atoms with Gasteiger partial charge in [0.15, 0.2) is 0 Å². The number of sulfonamides is 1. The molecule has 0 saturated heterocycles. The molecule has 0 unspecified atom stereocenters. The summed E-state index contributed by atoms with van der Waals surface area (Å²) in [6.07, 6.45) is 0. The molecule has 3 N–H and O–H groups in total. The first kappa shape index (κ1) is 22.0. The first-order chi connectivity index (χ1) is 14.6. The number of hydrogen-bond acceptors (Lipinski definition) is 4. The normalized spacial score (nSPS) is 10.9. The Balaban J connectivity index is 1.73.